The maximum absolute atomic E-state index is 12.7. The fourth-order valence-electron chi connectivity index (χ4n) is 4.89. The van der Waals surface area contributed by atoms with E-state index in [9.17, 15) is 4.79 Å². The van der Waals surface area contributed by atoms with E-state index in [1.807, 2.05) is 22.7 Å². The van der Waals surface area contributed by atoms with Crippen molar-refractivity contribution in [3.63, 3.8) is 0 Å². The molecule has 2 unspecified atom stereocenters. The summed E-state index contributed by atoms with van der Waals surface area (Å²) in [5.41, 5.74) is 0.954. The lowest BCUT2D eigenvalue weighted by Gasteiger charge is -2.28. The number of hydrogen-bond donors (Lipinski definition) is 1. The Morgan fingerprint density at radius 1 is 1.32 bits per heavy atom. The van der Waals surface area contributed by atoms with Gasteiger partial charge in [0.05, 0.1) is 5.39 Å². The van der Waals surface area contributed by atoms with Crippen LogP contribution in [0, 0.1) is 11.8 Å². The van der Waals surface area contributed by atoms with Crippen LogP contribution in [-0.2, 0) is 7.05 Å². The van der Waals surface area contributed by atoms with Crippen LogP contribution in [0.4, 0.5) is 15.7 Å². The van der Waals surface area contributed by atoms with E-state index in [0.29, 0.717) is 23.0 Å². The van der Waals surface area contributed by atoms with Gasteiger partial charge in [-0.2, -0.15) is 9.36 Å². The lowest BCUT2D eigenvalue weighted by Crippen LogP contribution is -2.36. The minimum atomic E-state index is -0.0645. The molecule has 2 amide bonds. The van der Waals surface area contributed by atoms with Crippen molar-refractivity contribution < 1.29 is 4.79 Å². The van der Waals surface area contributed by atoms with E-state index >= 15 is 0 Å². The average Bonchev–Trinajstić information content (AvgIpc) is 3.52. The van der Waals surface area contributed by atoms with E-state index in [4.69, 9.17) is 0 Å². The number of anilines is 2. The third-order valence-electron chi connectivity index (χ3n) is 6.43. The molecule has 1 aliphatic carbocycles. The summed E-state index contributed by atoms with van der Waals surface area (Å²) in [5, 5.41) is 5.31. The summed E-state index contributed by atoms with van der Waals surface area (Å²) in [6.45, 7) is 3.65. The molecule has 2 aliphatic rings. The van der Waals surface area contributed by atoms with Gasteiger partial charge in [0, 0.05) is 51.0 Å². The van der Waals surface area contributed by atoms with Gasteiger partial charge in [0.1, 0.15) is 17.8 Å². The Bertz CT molecular complexity index is 1080. The number of carbonyl (C=O) groups excluding carboxylic acids is 1. The van der Waals surface area contributed by atoms with Gasteiger partial charge in [-0.05, 0) is 36.5 Å². The lowest BCUT2D eigenvalue weighted by atomic mass is 10.0. The average molecular weight is 459 g/mol. The number of carbonyl (C=O) groups is 1. The maximum Gasteiger partial charge on any atom is 0.323 e. The Hall–Kier alpha value is -2.40. The number of likely N-dealkylation sites (tertiary alicyclic amines) is 1. The summed E-state index contributed by atoms with van der Waals surface area (Å²) in [5.74, 6) is 2.95. The first kappa shape index (κ1) is 20.5. The largest absolute Gasteiger partial charge is 0.356 e. The molecule has 3 atom stereocenters. The van der Waals surface area contributed by atoms with E-state index in [2.05, 4.69) is 49.6 Å². The monoisotopic (exact) mass is 458 g/mol. The van der Waals surface area contributed by atoms with Gasteiger partial charge in [0.2, 0.25) is 10.3 Å². The maximum atomic E-state index is 12.7. The summed E-state index contributed by atoms with van der Waals surface area (Å²) in [4.78, 5) is 30.3. The Labute approximate surface area is 189 Å². The minimum absolute atomic E-state index is 0.0645. The molecule has 2 fully saturated rings. The number of aryl methyl sites for hydroxylation is 1. The summed E-state index contributed by atoms with van der Waals surface area (Å²) in [6.07, 6.45) is 5.81. The van der Waals surface area contributed by atoms with E-state index in [0.717, 1.165) is 53.7 Å². The van der Waals surface area contributed by atoms with Gasteiger partial charge in [0.25, 0.3) is 0 Å². The summed E-state index contributed by atoms with van der Waals surface area (Å²) in [7, 11) is 4.14. The Balaban J connectivity index is 1.21. The van der Waals surface area contributed by atoms with Crippen molar-refractivity contribution in [1.29, 1.82) is 0 Å². The van der Waals surface area contributed by atoms with E-state index < -0.39 is 0 Å². The van der Waals surface area contributed by atoms with Crippen LogP contribution in [0.5, 0.6) is 0 Å². The van der Waals surface area contributed by atoms with Crippen molar-refractivity contribution in [1.82, 2.24) is 28.8 Å². The molecule has 0 spiro atoms. The number of hydrogen-bond acceptors (Lipinski definition) is 8. The highest BCUT2D eigenvalue weighted by Crippen LogP contribution is 2.41. The number of aromatic nitrogens is 5. The van der Waals surface area contributed by atoms with Gasteiger partial charge in [-0.3, -0.25) is 5.32 Å². The van der Waals surface area contributed by atoms with Gasteiger partial charge in [-0.15, -0.1) is 0 Å². The van der Waals surface area contributed by atoms with Gasteiger partial charge >= 0.3 is 6.03 Å². The van der Waals surface area contributed by atoms with E-state index in [-0.39, 0.29) is 6.03 Å². The molecule has 0 bridgehead atoms. The number of thioether (sulfide) groups is 1. The highest BCUT2D eigenvalue weighted by molar-refractivity contribution is 7.99. The highest BCUT2D eigenvalue weighted by atomic mass is 32.2. The minimum Gasteiger partial charge on any atom is -0.356 e. The van der Waals surface area contributed by atoms with Crippen LogP contribution in [0.3, 0.4) is 0 Å². The smallest absolute Gasteiger partial charge is 0.323 e. The van der Waals surface area contributed by atoms with Crippen LogP contribution in [0.25, 0.3) is 11.0 Å². The molecule has 4 heterocycles. The van der Waals surface area contributed by atoms with E-state index in [1.165, 1.54) is 11.5 Å². The molecule has 0 radical (unpaired) electrons. The van der Waals surface area contributed by atoms with Crippen molar-refractivity contribution in [2.75, 3.05) is 36.1 Å². The Morgan fingerprint density at radius 2 is 2.10 bits per heavy atom. The third-order valence-corrected chi connectivity index (χ3v) is 7.91. The lowest BCUT2D eigenvalue weighted by molar-refractivity contribution is 0.218. The number of urea groups is 1. The highest BCUT2D eigenvalue weighted by Gasteiger charge is 2.44. The third kappa shape index (κ3) is 3.84. The van der Waals surface area contributed by atoms with Crippen LogP contribution in [0.15, 0.2) is 23.7 Å². The van der Waals surface area contributed by atoms with Crippen molar-refractivity contribution >= 4 is 51.3 Å². The number of fused-ring (bicyclic) bond motifs is 2. The van der Waals surface area contributed by atoms with Crippen LogP contribution in [-0.4, -0.2) is 66.8 Å². The zero-order valence-electron chi connectivity index (χ0n) is 17.9. The Kier molecular flexibility index (Phi) is 5.47. The SMILES string of the molecule is CCSc1nsc(NC(=O)N2CC3CC(N(C)c4ncnc5c4ccn5C)C[C@H]3C2)n1. The van der Waals surface area contributed by atoms with Crippen molar-refractivity contribution in [2.24, 2.45) is 18.9 Å². The van der Waals surface area contributed by atoms with Crippen LogP contribution >= 0.6 is 23.3 Å². The Morgan fingerprint density at radius 3 is 2.84 bits per heavy atom. The van der Waals surface area contributed by atoms with Crippen LogP contribution in [0.1, 0.15) is 19.8 Å². The van der Waals surface area contributed by atoms with E-state index in [1.54, 1.807) is 18.1 Å². The second-order valence-electron chi connectivity index (χ2n) is 8.27. The second-order valence-corrected chi connectivity index (χ2v) is 10.3. The standard InChI is InChI=1S/C20H26N8OS2/c1-4-30-19-23-18(31-25-19)24-20(29)28-9-12-7-14(8-13(12)10-28)27(3)17-15-5-6-26(2)16(15)21-11-22-17/h5-6,11-14H,4,7-10H2,1-3H3,(H,23,24,25,29)/t12-,13?,14?/m0/s1. The first-order chi connectivity index (χ1) is 15.0. The van der Waals surface area contributed by atoms with Gasteiger partial charge in [-0.25, -0.2) is 14.8 Å². The summed E-state index contributed by atoms with van der Waals surface area (Å²) < 4.78 is 6.29. The molecule has 1 aliphatic heterocycles. The number of nitrogens with zero attached hydrogens (tertiary/aromatic N) is 7. The quantitative estimate of drug-likeness (QED) is 0.587. The number of nitrogens with one attached hydrogen (secondary N) is 1. The van der Waals surface area contributed by atoms with Crippen LogP contribution in [0.2, 0.25) is 0 Å². The molecular formula is C20H26N8OS2. The van der Waals surface area contributed by atoms with Gasteiger partial charge < -0.3 is 14.4 Å². The fraction of sp³-hybridized carbons (Fsp3) is 0.550. The molecule has 3 aromatic heterocycles. The second kappa shape index (κ2) is 8.27. The van der Waals surface area contributed by atoms with Crippen molar-refractivity contribution in [2.45, 2.75) is 31.0 Å². The normalized spacial score (nSPS) is 22.8. The molecule has 1 saturated heterocycles. The molecule has 0 aromatic carbocycles. The predicted molar refractivity (Wildman–Crippen MR) is 124 cm³/mol. The predicted octanol–water partition coefficient (Wildman–Crippen LogP) is 3.31. The first-order valence-electron chi connectivity index (χ1n) is 10.5. The number of amides is 2. The van der Waals surface area contributed by atoms with Crippen LogP contribution < -0.4 is 10.2 Å². The summed E-state index contributed by atoms with van der Waals surface area (Å²) in [6, 6.07) is 2.45. The molecule has 3 aromatic rings. The molecule has 164 valence electrons. The van der Waals surface area contributed by atoms with Crippen molar-refractivity contribution in [3.05, 3.63) is 18.6 Å². The van der Waals surface area contributed by atoms with Gasteiger partial charge in [0.15, 0.2) is 0 Å². The zero-order chi connectivity index (χ0) is 21.5. The first-order valence-corrected chi connectivity index (χ1v) is 12.3. The van der Waals surface area contributed by atoms with Gasteiger partial charge in [-0.1, -0.05) is 18.7 Å². The molecule has 11 heteroatoms. The molecule has 1 N–H and O–H groups in total. The topological polar surface area (TPSA) is 92.1 Å². The molecule has 5 rings (SSSR count). The fourth-order valence-corrected chi connectivity index (χ4v) is 6.15. The zero-order valence-corrected chi connectivity index (χ0v) is 19.5. The summed E-state index contributed by atoms with van der Waals surface area (Å²) >= 11 is 2.82. The molecule has 31 heavy (non-hydrogen) atoms. The number of rotatable bonds is 5. The van der Waals surface area contributed by atoms with Crippen molar-refractivity contribution in [3.8, 4) is 0 Å². The molecular weight excluding hydrogens is 432 g/mol. The molecule has 9 nitrogen and oxygen atoms in total. The molecule has 1 saturated carbocycles.